The first-order valence-electron chi connectivity index (χ1n) is 5.66. The van der Waals surface area contributed by atoms with Crippen molar-refractivity contribution in [2.45, 2.75) is 13.0 Å². The number of thiophene rings is 1. The van der Waals surface area contributed by atoms with Crippen molar-refractivity contribution in [1.82, 2.24) is 9.55 Å². The lowest BCUT2D eigenvalue weighted by Gasteiger charge is -2.05. The Bertz CT molecular complexity index is 673. The van der Waals surface area contributed by atoms with Crippen LogP contribution in [0, 0.1) is 0 Å². The van der Waals surface area contributed by atoms with Crippen molar-refractivity contribution < 1.29 is 0 Å². The molecule has 0 aliphatic carbocycles. The molecule has 0 fully saturated rings. The second-order valence-electron chi connectivity index (χ2n) is 4.14. The molecule has 2 N–H and O–H groups in total. The van der Waals surface area contributed by atoms with Crippen LogP contribution in [0.25, 0.3) is 11.0 Å². The number of hydrogen-bond acceptors (Lipinski definition) is 3. The highest BCUT2D eigenvalue weighted by atomic mass is 79.9. The number of aromatic nitrogens is 2. The van der Waals surface area contributed by atoms with Gasteiger partial charge in [-0.3, -0.25) is 0 Å². The Balaban J connectivity index is 1.93. The van der Waals surface area contributed by atoms with Crippen LogP contribution in [0.1, 0.15) is 5.56 Å². The number of halogens is 1. The van der Waals surface area contributed by atoms with Gasteiger partial charge in [-0.05, 0) is 47.0 Å². The summed E-state index contributed by atoms with van der Waals surface area (Å²) in [5.74, 6) is 0.582. The highest BCUT2D eigenvalue weighted by molar-refractivity contribution is 9.10. The Morgan fingerprint density at radius 2 is 2.22 bits per heavy atom. The van der Waals surface area contributed by atoms with Crippen LogP contribution in [0.3, 0.4) is 0 Å². The standard InChI is InChI=1S/C13H12BrN3S/c14-10-1-2-12-11(7-10)16-13(15)17(12)5-3-9-4-6-18-8-9/h1-2,4,6-8H,3,5H2,(H2,15,16). The van der Waals surface area contributed by atoms with Crippen LogP contribution in [0.5, 0.6) is 0 Å². The maximum Gasteiger partial charge on any atom is 0.201 e. The van der Waals surface area contributed by atoms with E-state index in [-0.39, 0.29) is 0 Å². The van der Waals surface area contributed by atoms with E-state index in [1.54, 1.807) is 11.3 Å². The Labute approximate surface area is 117 Å². The van der Waals surface area contributed by atoms with E-state index in [0.717, 1.165) is 28.5 Å². The molecule has 18 heavy (non-hydrogen) atoms. The monoisotopic (exact) mass is 321 g/mol. The topological polar surface area (TPSA) is 43.8 Å². The lowest BCUT2D eigenvalue weighted by Crippen LogP contribution is -2.05. The summed E-state index contributed by atoms with van der Waals surface area (Å²) in [5.41, 5.74) is 9.35. The van der Waals surface area contributed by atoms with E-state index in [2.05, 4.69) is 48.4 Å². The van der Waals surface area contributed by atoms with Gasteiger partial charge in [0.2, 0.25) is 5.95 Å². The summed E-state index contributed by atoms with van der Waals surface area (Å²) in [6.45, 7) is 0.862. The van der Waals surface area contributed by atoms with E-state index < -0.39 is 0 Å². The zero-order valence-corrected chi connectivity index (χ0v) is 12.0. The summed E-state index contributed by atoms with van der Waals surface area (Å²) < 4.78 is 3.09. The number of anilines is 1. The fourth-order valence-electron chi connectivity index (χ4n) is 2.03. The van der Waals surface area contributed by atoms with Gasteiger partial charge in [-0.25, -0.2) is 4.98 Å². The van der Waals surface area contributed by atoms with E-state index in [1.165, 1.54) is 5.56 Å². The summed E-state index contributed by atoms with van der Waals surface area (Å²) in [7, 11) is 0. The molecule has 2 aromatic heterocycles. The molecule has 0 atom stereocenters. The fourth-order valence-corrected chi connectivity index (χ4v) is 3.08. The quantitative estimate of drug-likeness (QED) is 0.799. The van der Waals surface area contributed by atoms with E-state index in [4.69, 9.17) is 5.73 Å². The van der Waals surface area contributed by atoms with Crippen LogP contribution < -0.4 is 5.73 Å². The molecule has 0 bridgehead atoms. The van der Waals surface area contributed by atoms with Crippen LogP contribution in [0.4, 0.5) is 5.95 Å². The molecule has 0 aliphatic heterocycles. The fraction of sp³-hybridized carbons (Fsp3) is 0.154. The minimum atomic E-state index is 0.582. The molecule has 3 rings (SSSR count). The number of rotatable bonds is 3. The predicted molar refractivity (Wildman–Crippen MR) is 79.9 cm³/mol. The zero-order chi connectivity index (χ0) is 12.5. The molecule has 1 aromatic carbocycles. The maximum atomic E-state index is 5.98. The average molecular weight is 322 g/mol. The first kappa shape index (κ1) is 11.7. The zero-order valence-electron chi connectivity index (χ0n) is 9.64. The number of fused-ring (bicyclic) bond motifs is 1. The molecular formula is C13H12BrN3S. The van der Waals surface area contributed by atoms with Gasteiger partial charge in [0.1, 0.15) is 0 Å². The van der Waals surface area contributed by atoms with Crippen molar-refractivity contribution in [2.24, 2.45) is 0 Å². The van der Waals surface area contributed by atoms with E-state index >= 15 is 0 Å². The van der Waals surface area contributed by atoms with Crippen molar-refractivity contribution >= 4 is 44.2 Å². The number of nitrogens with two attached hydrogens (primary N) is 1. The Hall–Kier alpha value is -1.33. The normalized spacial score (nSPS) is 11.2. The molecule has 0 saturated heterocycles. The second-order valence-corrected chi connectivity index (χ2v) is 5.83. The number of imidazole rings is 1. The minimum absolute atomic E-state index is 0.582. The summed E-state index contributed by atoms with van der Waals surface area (Å²) in [5, 5.41) is 4.27. The third kappa shape index (κ3) is 2.15. The van der Waals surface area contributed by atoms with E-state index in [9.17, 15) is 0 Å². The molecule has 0 radical (unpaired) electrons. The Morgan fingerprint density at radius 3 is 3.00 bits per heavy atom. The molecule has 0 spiro atoms. The summed E-state index contributed by atoms with van der Waals surface area (Å²) in [6, 6.07) is 8.21. The van der Waals surface area contributed by atoms with Crippen LogP contribution in [-0.2, 0) is 13.0 Å². The number of benzene rings is 1. The molecule has 5 heteroatoms. The van der Waals surface area contributed by atoms with Gasteiger partial charge in [0, 0.05) is 11.0 Å². The van der Waals surface area contributed by atoms with Crippen molar-refractivity contribution in [2.75, 3.05) is 5.73 Å². The third-order valence-corrected chi connectivity index (χ3v) is 4.17. The molecule has 0 saturated carbocycles. The van der Waals surface area contributed by atoms with Gasteiger partial charge in [0.25, 0.3) is 0 Å². The summed E-state index contributed by atoms with van der Waals surface area (Å²) in [4.78, 5) is 4.39. The van der Waals surface area contributed by atoms with Crippen LogP contribution in [0.2, 0.25) is 0 Å². The van der Waals surface area contributed by atoms with Gasteiger partial charge in [-0.2, -0.15) is 11.3 Å². The molecule has 3 aromatic rings. The average Bonchev–Trinajstić information content (AvgIpc) is 2.93. The first-order valence-corrected chi connectivity index (χ1v) is 7.40. The molecular weight excluding hydrogens is 310 g/mol. The molecule has 0 aliphatic rings. The van der Waals surface area contributed by atoms with E-state index in [1.807, 2.05) is 12.1 Å². The van der Waals surface area contributed by atoms with Gasteiger partial charge < -0.3 is 10.3 Å². The lowest BCUT2D eigenvalue weighted by molar-refractivity contribution is 0.727. The molecule has 2 heterocycles. The smallest absolute Gasteiger partial charge is 0.201 e. The molecule has 92 valence electrons. The Morgan fingerprint density at radius 1 is 1.33 bits per heavy atom. The van der Waals surface area contributed by atoms with Crippen molar-refractivity contribution in [3.8, 4) is 0 Å². The number of hydrogen-bond donors (Lipinski definition) is 1. The lowest BCUT2D eigenvalue weighted by atomic mass is 10.2. The van der Waals surface area contributed by atoms with Crippen molar-refractivity contribution in [3.63, 3.8) is 0 Å². The largest absolute Gasteiger partial charge is 0.369 e. The van der Waals surface area contributed by atoms with Crippen LogP contribution in [0.15, 0.2) is 39.5 Å². The number of nitrogens with zero attached hydrogens (tertiary/aromatic N) is 2. The minimum Gasteiger partial charge on any atom is -0.369 e. The van der Waals surface area contributed by atoms with Crippen LogP contribution in [-0.4, -0.2) is 9.55 Å². The first-order chi connectivity index (χ1) is 8.74. The van der Waals surface area contributed by atoms with Gasteiger partial charge in [0.05, 0.1) is 11.0 Å². The third-order valence-electron chi connectivity index (χ3n) is 2.94. The van der Waals surface area contributed by atoms with Gasteiger partial charge >= 0.3 is 0 Å². The predicted octanol–water partition coefficient (Wildman–Crippen LogP) is 3.69. The molecule has 3 nitrogen and oxygen atoms in total. The Kier molecular flexibility index (Phi) is 3.09. The van der Waals surface area contributed by atoms with E-state index in [0.29, 0.717) is 5.95 Å². The van der Waals surface area contributed by atoms with Crippen molar-refractivity contribution in [3.05, 3.63) is 45.1 Å². The highest BCUT2D eigenvalue weighted by Gasteiger charge is 2.08. The van der Waals surface area contributed by atoms with Crippen molar-refractivity contribution in [1.29, 1.82) is 0 Å². The van der Waals surface area contributed by atoms with Gasteiger partial charge in [-0.1, -0.05) is 15.9 Å². The van der Waals surface area contributed by atoms with Gasteiger partial charge in [0.15, 0.2) is 0 Å². The summed E-state index contributed by atoms with van der Waals surface area (Å²) in [6.07, 6.45) is 0.981. The number of aryl methyl sites for hydroxylation is 2. The van der Waals surface area contributed by atoms with Crippen LogP contribution >= 0.6 is 27.3 Å². The summed E-state index contributed by atoms with van der Waals surface area (Å²) >= 11 is 5.17. The van der Waals surface area contributed by atoms with Gasteiger partial charge in [-0.15, -0.1) is 0 Å². The highest BCUT2D eigenvalue weighted by Crippen LogP contribution is 2.22. The molecule has 0 amide bonds. The second kappa shape index (κ2) is 4.74. The molecule has 0 unspecified atom stereocenters. The SMILES string of the molecule is Nc1nc2cc(Br)ccc2n1CCc1ccsc1. The maximum absolute atomic E-state index is 5.98. The number of nitrogen functional groups attached to an aromatic ring is 1.